The maximum absolute atomic E-state index is 11.2. The topological polar surface area (TPSA) is 62.1 Å². The number of carbonyl (C=O) groups is 1. The molecule has 0 saturated heterocycles. The zero-order valence-electron chi connectivity index (χ0n) is 9.96. The van der Waals surface area contributed by atoms with Crippen molar-refractivity contribution in [1.82, 2.24) is 5.32 Å². The van der Waals surface area contributed by atoms with Gasteiger partial charge in [-0.05, 0) is 33.1 Å². The molecule has 0 bridgehead atoms. The number of amides is 1. The predicted molar refractivity (Wildman–Crippen MR) is 58.2 cm³/mol. The van der Waals surface area contributed by atoms with Gasteiger partial charge in [0.05, 0.1) is 6.07 Å². The van der Waals surface area contributed by atoms with E-state index in [1.54, 1.807) is 0 Å². The summed E-state index contributed by atoms with van der Waals surface area (Å²) in [6, 6.07) is 2.10. The van der Waals surface area contributed by atoms with Gasteiger partial charge in [-0.2, -0.15) is 5.26 Å². The van der Waals surface area contributed by atoms with E-state index in [1.807, 2.05) is 27.7 Å². The molecule has 0 fully saturated rings. The minimum Gasteiger partial charge on any atom is -0.444 e. The molecule has 0 aromatic heterocycles. The fraction of sp³-hybridized carbons (Fsp3) is 0.818. The average Bonchev–Trinajstić information content (AvgIpc) is 2.00. The maximum Gasteiger partial charge on any atom is 0.407 e. The third kappa shape index (κ3) is 9.07. The number of nitrogens with one attached hydrogen (secondary N) is 1. The molecule has 0 aromatic rings. The number of carbonyl (C=O) groups excluding carboxylic acids is 1. The van der Waals surface area contributed by atoms with E-state index in [2.05, 4.69) is 11.4 Å². The van der Waals surface area contributed by atoms with E-state index in [-0.39, 0.29) is 0 Å². The van der Waals surface area contributed by atoms with Crippen LogP contribution in [0.4, 0.5) is 4.79 Å². The second kappa shape index (κ2) is 6.28. The van der Waals surface area contributed by atoms with Gasteiger partial charge in [0.2, 0.25) is 0 Å². The lowest BCUT2D eigenvalue weighted by atomic mass is 10.1. The summed E-state index contributed by atoms with van der Waals surface area (Å²) < 4.78 is 5.06. The SMILES string of the molecule is C[C@H](CC#N)CCNC(=O)OC(C)(C)C. The molecule has 0 spiro atoms. The number of hydrogen-bond donors (Lipinski definition) is 1. The van der Waals surface area contributed by atoms with E-state index in [0.717, 1.165) is 6.42 Å². The normalized spacial score (nSPS) is 12.7. The highest BCUT2D eigenvalue weighted by Gasteiger charge is 2.15. The zero-order chi connectivity index (χ0) is 11.9. The number of rotatable bonds is 4. The summed E-state index contributed by atoms with van der Waals surface area (Å²) in [5.41, 5.74) is -0.456. The highest BCUT2D eigenvalue weighted by Crippen LogP contribution is 2.07. The molecular formula is C11H20N2O2. The van der Waals surface area contributed by atoms with Crippen molar-refractivity contribution in [2.24, 2.45) is 5.92 Å². The van der Waals surface area contributed by atoms with Crippen LogP contribution in [-0.2, 0) is 4.74 Å². The van der Waals surface area contributed by atoms with Crippen LogP contribution in [-0.4, -0.2) is 18.2 Å². The maximum atomic E-state index is 11.2. The quantitative estimate of drug-likeness (QED) is 0.778. The van der Waals surface area contributed by atoms with Crippen LogP contribution < -0.4 is 5.32 Å². The standard InChI is InChI=1S/C11H20N2O2/c1-9(5-7-12)6-8-13-10(14)15-11(2,3)4/h9H,5-6,8H2,1-4H3,(H,13,14)/t9-/m1/s1. The minimum atomic E-state index is -0.456. The minimum absolute atomic E-state index is 0.310. The highest BCUT2D eigenvalue weighted by atomic mass is 16.6. The summed E-state index contributed by atoms with van der Waals surface area (Å²) in [6.45, 7) is 8.01. The number of hydrogen-bond acceptors (Lipinski definition) is 3. The Labute approximate surface area is 91.6 Å². The molecule has 0 aliphatic heterocycles. The van der Waals surface area contributed by atoms with Gasteiger partial charge in [-0.3, -0.25) is 0 Å². The molecule has 0 aromatic carbocycles. The van der Waals surface area contributed by atoms with Gasteiger partial charge in [0.1, 0.15) is 5.60 Å². The van der Waals surface area contributed by atoms with E-state index < -0.39 is 11.7 Å². The van der Waals surface area contributed by atoms with Crippen molar-refractivity contribution in [1.29, 1.82) is 5.26 Å². The number of alkyl carbamates (subject to hydrolysis) is 1. The Morgan fingerprint density at radius 1 is 1.53 bits per heavy atom. The number of nitriles is 1. The van der Waals surface area contributed by atoms with Crippen LogP contribution in [0.2, 0.25) is 0 Å². The van der Waals surface area contributed by atoms with Gasteiger partial charge in [0, 0.05) is 13.0 Å². The van der Waals surface area contributed by atoms with Gasteiger partial charge in [0.25, 0.3) is 0 Å². The fourth-order valence-electron chi connectivity index (χ4n) is 0.993. The molecule has 0 aliphatic carbocycles. The molecule has 86 valence electrons. The first kappa shape index (κ1) is 13.8. The largest absolute Gasteiger partial charge is 0.444 e. The average molecular weight is 212 g/mol. The Morgan fingerprint density at radius 3 is 2.60 bits per heavy atom. The molecular weight excluding hydrogens is 192 g/mol. The summed E-state index contributed by atoms with van der Waals surface area (Å²) in [5, 5.41) is 11.1. The number of ether oxygens (including phenoxy) is 1. The number of nitrogens with zero attached hydrogens (tertiary/aromatic N) is 1. The van der Waals surface area contributed by atoms with E-state index in [9.17, 15) is 4.79 Å². The van der Waals surface area contributed by atoms with Crippen molar-refractivity contribution in [3.05, 3.63) is 0 Å². The molecule has 1 amide bonds. The van der Waals surface area contributed by atoms with E-state index in [0.29, 0.717) is 18.9 Å². The Balaban J connectivity index is 3.61. The van der Waals surface area contributed by atoms with E-state index in [1.165, 1.54) is 0 Å². The summed E-state index contributed by atoms with van der Waals surface area (Å²) in [4.78, 5) is 11.2. The molecule has 15 heavy (non-hydrogen) atoms. The zero-order valence-corrected chi connectivity index (χ0v) is 9.96. The summed E-state index contributed by atoms with van der Waals surface area (Å²) >= 11 is 0. The molecule has 0 aliphatic rings. The second-order valence-electron chi connectivity index (χ2n) is 4.68. The summed E-state index contributed by atoms with van der Waals surface area (Å²) in [6.07, 6.45) is 0.926. The molecule has 0 saturated carbocycles. The second-order valence-corrected chi connectivity index (χ2v) is 4.68. The highest BCUT2D eigenvalue weighted by molar-refractivity contribution is 5.67. The van der Waals surface area contributed by atoms with Gasteiger partial charge in [-0.1, -0.05) is 6.92 Å². The molecule has 0 radical (unpaired) electrons. The van der Waals surface area contributed by atoms with Crippen LogP contribution in [0.1, 0.15) is 40.5 Å². The first-order chi connectivity index (χ1) is 6.85. The van der Waals surface area contributed by atoms with Crippen LogP contribution in [0, 0.1) is 17.2 Å². The van der Waals surface area contributed by atoms with Crippen molar-refractivity contribution in [2.45, 2.75) is 46.1 Å². The van der Waals surface area contributed by atoms with Crippen molar-refractivity contribution in [3.63, 3.8) is 0 Å². The Bertz CT molecular complexity index is 238. The molecule has 4 nitrogen and oxygen atoms in total. The van der Waals surface area contributed by atoms with Crippen molar-refractivity contribution in [2.75, 3.05) is 6.54 Å². The van der Waals surface area contributed by atoms with Crippen molar-refractivity contribution >= 4 is 6.09 Å². The van der Waals surface area contributed by atoms with Crippen LogP contribution in [0.5, 0.6) is 0 Å². The van der Waals surface area contributed by atoms with Gasteiger partial charge in [-0.15, -0.1) is 0 Å². The Hall–Kier alpha value is -1.24. The van der Waals surface area contributed by atoms with Crippen molar-refractivity contribution in [3.8, 4) is 6.07 Å². The summed E-state index contributed by atoms with van der Waals surface area (Å²) in [5.74, 6) is 0.310. The van der Waals surface area contributed by atoms with Crippen LogP contribution >= 0.6 is 0 Å². The Kier molecular flexibility index (Phi) is 5.76. The lowest BCUT2D eigenvalue weighted by molar-refractivity contribution is 0.0525. The Morgan fingerprint density at radius 2 is 2.13 bits per heavy atom. The molecule has 0 heterocycles. The lowest BCUT2D eigenvalue weighted by Crippen LogP contribution is -2.33. The smallest absolute Gasteiger partial charge is 0.407 e. The summed E-state index contributed by atoms with van der Waals surface area (Å²) in [7, 11) is 0. The van der Waals surface area contributed by atoms with Gasteiger partial charge in [-0.25, -0.2) is 4.79 Å². The van der Waals surface area contributed by atoms with Crippen LogP contribution in [0.25, 0.3) is 0 Å². The predicted octanol–water partition coefficient (Wildman–Crippen LogP) is 2.45. The van der Waals surface area contributed by atoms with E-state index >= 15 is 0 Å². The van der Waals surface area contributed by atoms with Gasteiger partial charge < -0.3 is 10.1 Å². The molecule has 0 unspecified atom stereocenters. The van der Waals surface area contributed by atoms with Crippen LogP contribution in [0.3, 0.4) is 0 Å². The first-order valence-corrected chi connectivity index (χ1v) is 5.19. The van der Waals surface area contributed by atoms with E-state index in [4.69, 9.17) is 10.00 Å². The molecule has 1 atom stereocenters. The van der Waals surface area contributed by atoms with Crippen LogP contribution in [0.15, 0.2) is 0 Å². The monoisotopic (exact) mass is 212 g/mol. The molecule has 0 rings (SSSR count). The molecule has 1 N–H and O–H groups in total. The molecule has 4 heteroatoms. The fourth-order valence-corrected chi connectivity index (χ4v) is 0.993. The third-order valence-electron chi connectivity index (χ3n) is 1.75. The van der Waals surface area contributed by atoms with Crippen molar-refractivity contribution < 1.29 is 9.53 Å². The lowest BCUT2D eigenvalue weighted by Gasteiger charge is -2.19. The van der Waals surface area contributed by atoms with Gasteiger partial charge >= 0.3 is 6.09 Å². The van der Waals surface area contributed by atoms with Gasteiger partial charge in [0.15, 0.2) is 0 Å². The first-order valence-electron chi connectivity index (χ1n) is 5.19. The third-order valence-corrected chi connectivity index (χ3v) is 1.75.